The molecule has 0 N–H and O–H groups in total. The molecule has 0 saturated carbocycles. The second kappa shape index (κ2) is 9.74. The van der Waals surface area contributed by atoms with Gasteiger partial charge in [-0.25, -0.2) is 0 Å². The molecule has 4 heteroatoms. The van der Waals surface area contributed by atoms with Crippen LogP contribution >= 0.6 is 0 Å². The van der Waals surface area contributed by atoms with Gasteiger partial charge in [0.05, 0.1) is 21.3 Å². The summed E-state index contributed by atoms with van der Waals surface area (Å²) in [6.45, 7) is 2.11. The Morgan fingerprint density at radius 3 is 2.00 bits per heavy atom. The minimum absolute atomic E-state index is 0.803. The fraction of sp³-hybridized carbons (Fsp3) is 0.189. The Morgan fingerprint density at radius 2 is 1.37 bits per heavy atom. The lowest BCUT2D eigenvalue weighted by Gasteiger charge is -2.38. The number of methoxy groups -OCH3 is 3. The van der Waals surface area contributed by atoms with Crippen LogP contribution in [-0.4, -0.2) is 21.3 Å². The molecule has 0 bridgehead atoms. The zero-order valence-corrected chi connectivity index (χ0v) is 23.8. The van der Waals surface area contributed by atoms with Gasteiger partial charge in [-0.05, 0) is 95.4 Å². The molecule has 0 atom stereocenters. The second-order valence-corrected chi connectivity index (χ2v) is 10.7. The minimum Gasteiger partial charge on any atom is -0.497 e. The van der Waals surface area contributed by atoms with Crippen LogP contribution in [0.1, 0.15) is 33.4 Å². The highest BCUT2D eigenvalue weighted by atomic mass is 16.5. The Hall–Kier alpha value is -4.70. The summed E-state index contributed by atoms with van der Waals surface area (Å²) in [6.07, 6.45) is 6.44. The lowest BCUT2D eigenvalue weighted by molar-refractivity contribution is 0.163. The zero-order valence-electron chi connectivity index (χ0n) is 23.8. The molecule has 41 heavy (non-hydrogen) atoms. The number of fused-ring (bicyclic) bond motifs is 8. The first-order valence-electron chi connectivity index (χ1n) is 14.0. The van der Waals surface area contributed by atoms with E-state index >= 15 is 0 Å². The van der Waals surface area contributed by atoms with E-state index in [4.69, 9.17) is 18.9 Å². The third-order valence-electron chi connectivity index (χ3n) is 8.64. The van der Waals surface area contributed by atoms with Crippen molar-refractivity contribution >= 4 is 16.8 Å². The van der Waals surface area contributed by atoms with Crippen LogP contribution in [0.5, 0.6) is 23.0 Å². The molecule has 0 amide bonds. The van der Waals surface area contributed by atoms with Crippen molar-refractivity contribution in [3.8, 4) is 34.1 Å². The fourth-order valence-electron chi connectivity index (χ4n) is 6.53. The molecule has 7 rings (SSSR count). The van der Waals surface area contributed by atoms with Crippen molar-refractivity contribution in [2.45, 2.75) is 25.4 Å². The minimum atomic E-state index is -0.850. The summed E-state index contributed by atoms with van der Waals surface area (Å²) in [5, 5.41) is 2.24. The van der Waals surface area contributed by atoms with E-state index in [2.05, 4.69) is 79.7 Å². The van der Waals surface area contributed by atoms with Crippen molar-refractivity contribution < 1.29 is 18.9 Å². The summed E-state index contributed by atoms with van der Waals surface area (Å²) in [7, 11) is 5.10. The van der Waals surface area contributed by atoms with Crippen molar-refractivity contribution in [3.05, 3.63) is 124 Å². The summed E-state index contributed by atoms with van der Waals surface area (Å²) < 4.78 is 24.1. The van der Waals surface area contributed by atoms with Gasteiger partial charge in [0, 0.05) is 22.1 Å². The van der Waals surface area contributed by atoms with Gasteiger partial charge in [0.25, 0.3) is 0 Å². The molecule has 204 valence electrons. The molecule has 0 spiro atoms. The van der Waals surface area contributed by atoms with E-state index in [9.17, 15) is 0 Å². The van der Waals surface area contributed by atoms with Crippen molar-refractivity contribution in [1.29, 1.82) is 0 Å². The van der Waals surface area contributed by atoms with Crippen molar-refractivity contribution in [3.63, 3.8) is 0 Å². The predicted octanol–water partition coefficient (Wildman–Crippen LogP) is 8.29. The highest BCUT2D eigenvalue weighted by molar-refractivity contribution is 6.07. The van der Waals surface area contributed by atoms with Gasteiger partial charge in [0.1, 0.15) is 23.0 Å². The molecule has 0 saturated heterocycles. The molecule has 0 fully saturated rings. The SMILES string of the molecule is COc1ccc(C2(c3ccc(OC)cc3)C=Cc3c4c(c5cc(C)c(OC)cc5c3O2)-c2ccccc2CC4)cc1. The molecule has 5 aromatic rings. The molecule has 1 heterocycles. The second-order valence-electron chi connectivity index (χ2n) is 10.7. The lowest BCUT2D eigenvalue weighted by atomic mass is 9.77. The van der Waals surface area contributed by atoms with E-state index in [0.717, 1.165) is 63.5 Å². The number of rotatable bonds is 5. The molecule has 1 aliphatic carbocycles. The Morgan fingerprint density at radius 1 is 0.707 bits per heavy atom. The van der Waals surface area contributed by atoms with Crippen LogP contribution in [0.15, 0.2) is 91.0 Å². The highest BCUT2D eigenvalue weighted by Gasteiger charge is 2.39. The average molecular weight is 541 g/mol. The molecule has 4 nitrogen and oxygen atoms in total. The average Bonchev–Trinajstić information content (AvgIpc) is 3.04. The van der Waals surface area contributed by atoms with E-state index in [1.165, 1.54) is 27.6 Å². The van der Waals surface area contributed by atoms with E-state index in [1.54, 1.807) is 21.3 Å². The summed E-state index contributed by atoms with van der Waals surface area (Å²) in [6, 6.07) is 29.5. The molecule has 2 aliphatic rings. The molecule has 5 aromatic carbocycles. The monoisotopic (exact) mass is 540 g/mol. The third kappa shape index (κ3) is 3.89. The zero-order chi connectivity index (χ0) is 28.1. The number of ether oxygens (including phenoxy) is 4. The summed E-state index contributed by atoms with van der Waals surface area (Å²) in [5.74, 6) is 3.33. The maximum absolute atomic E-state index is 7.32. The number of hydrogen-bond acceptors (Lipinski definition) is 4. The van der Waals surface area contributed by atoms with Gasteiger partial charge in [0.2, 0.25) is 0 Å². The van der Waals surface area contributed by atoms with Gasteiger partial charge in [-0.15, -0.1) is 0 Å². The summed E-state index contributed by atoms with van der Waals surface area (Å²) in [5.41, 5.74) is 8.77. The van der Waals surface area contributed by atoms with Gasteiger partial charge in [-0.1, -0.05) is 54.6 Å². The van der Waals surface area contributed by atoms with E-state index in [1.807, 2.05) is 24.3 Å². The van der Waals surface area contributed by atoms with Gasteiger partial charge in [-0.3, -0.25) is 0 Å². The first-order chi connectivity index (χ1) is 20.1. The molecule has 0 unspecified atom stereocenters. The van der Waals surface area contributed by atoms with Gasteiger partial charge >= 0.3 is 0 Å². The van der Waals surface area contributed by atoms with Crippen LogP contribution in [0.25, 0.3) is 28.0 Å². The highest BCUT2D eigenvalue weighted by Crippen LogP contribution is 2.52. The summed E-state index contributed by atoms with van der Waals surface area (Å²) >= 11 is 0. The third-order valence-corrected chi connectivity index (χ3v) is 8.64. The molecular weight excluding hydrogens is 508 g/mol. The standard InChI is InChI=1S/C37H32O4/c1-23-21-32-33(22-34(23)40-4)36-31(30-18-9-24-7-5-6-8-29(24)35(30)32)19-20-37(41-36,25-10-14-27(38-2)15-11-25)26-12-16-28(39-3)17-13-26/h5-8,10-17,19-22H,9,18H2,1-4H3. The Labute approximate surface area is 240 Å². The molecule has 0 radical (unpaired) electrons. The van der Waals surface area contributed by atoms with Gasteiger partial charge < -0.3 is 18.9 Å². The molecular formula is C37H32O4. The van der Waals surface area contributed by atoms with Crippen LogP contribution in [0, 0.1) is 6.92 Å². The van der Waals surface area contributed by atoms with E-state index in [0.29, 0.717) is 0 Å². The van der Waals surface area contributed by atoms with Crippen molar-refractivity contribution in [2.75, 3.05) is 21.3 Å². The van der Waals surface area contributed by atoms with Crippen LogP contribution in [0.3, 0.4) is 0 Å². The Bertz CT molecular complexity index is 1770. The van der Waals surface area contributed by atoms with E-state index < -0.39 is 5.60 Å². The quantitative estimate of drug-likeness (QED) is 0.225. The Kier molecular flexibility index (Phi) is 6.01. The number of aryl methyl sites for hydroxylation is 2. The van der Waals surface area contributed by atoms with Crippen LogP contribution in [0.2, 0.25) is 0 Å². The maximum atomic E-state index is 7.32. The van der Waals surface area contributed by atoms with E-state index in [-0.39, 0.29) is 0 Å². The Balaban J connectivity index is 1.53. The maximum Gasteiger partial charge on any atom is 0.178 e. The van der Waals surface area contributed by atoms with Crippen LogP contribution in [0.4, 0.5) is 0 Å². The summed E-state index contributed by atoms with van der Waals surface area (Å²) in [4.78, 5) is 0. The van der Waals surface area contributed by atoms with Gasteiger partial charge in [0.15, 0.2) is 5.60 Å². The first kappa shape index (κ1) is 25.3. The van der Waals surface area contributed by atoms with Crippen LogP contribution < -0.4 is 18.9 Å². The fourth-order valence-corrected chi connectivity index (χ4v) is 6.53. The largest absolute Gasteiger partial charge is 0.497 e. The van der Waals surface area contributed by atoms with Crippen molar-refractivity contribution in [2.24, 2.45) is 0 Å². The van der Waals surface area contributed by atoms with Crippen molar-refractivity contribution in [1.82, 2.24) is 0 Å². The number of benzene rings is 5. The smallest absolute Gasteiger partial charge is 0.178 e. The normalized spacial score (nSPS) is 14.4. The topological polar surface area (TPSA) is 36.9 Å². The molecule has 0 aromatic heterocycles. The number of hydrogen-bond donors (Lipinski definition) is 0. The first-order valence-corrected chi connectivity index (χ1v) is 14.0. The lowest BCUT2D eigenvalue weighted by Crippen LogP contribution is -2.34. The van der Waals surface area contributed by atoms with Gasteiger partial charge in [-0.2, -0.15) is 0 Å². The predicted molar refractivity (Wildman–Crippen MR) is 165 cm³/mol. The molecule has 1 aliphatic heterocycles. The van der Waals surface area contributed by atoms with Crippen LogP contribution in [-0.2, 0) is 18.4 Å².